The zero-order chi connectivity index (χ0) is 17.8. The molecule has 6 heteroatoms. The highest BCUT2D eigenvalue weighted by molar-refractivity contribution is 5.69. The van der Waals surface area contributed by atoms with Crippen LogP contribution in [0.15, 0.2) is 0 Å². The van der Waals surface area contributed by atoms with Gasteiger partial charge in [0.25, 0.3) is 0 Å². The highest BCUT2D eigenvalue weighted by Crippen LogP contribution is 2.18. The third-order valence-corrected chi connectivity index (χ3v) is 4.47. The first-order valence-corrected chi connectivity index (χ1v) is 9.37. The second kappa shape index (κ2) is 12.6. The summed E-state index contributed by atoms with van der Waals surface area (Å²) in [5, 5.41) is 28.8. The van der Waals surface area contributed by atoms with Crippen LogP contribution in [-0.4, -0.2) is 58.9 Å². The Morgan fingerprint density at radius 3 is 2.21 bits per heavy atom. The first kappa shape index (κ1) is 21.4. The van der Waals surface area contributed by atoms with Gasteiger partial charge in [0, 0.05) is 6.42 Å². The van der Waals surface area contributed by atoms with Gasteiger partial charge in [-0.1, -0.05) is 58.3 Å². The van der Waals surface area contributed by atoms with E-state index in [1.807, 2.05) is 0 Å². The van der Waals surface area contributed by atoms with Gasteiger partial charge in [-0.05, 0) is 6.42 Å². The highest BCUT2D eigenvalue weighted by Gasteiger charge is 2.39. The molecule has 0 aliphatic carbocycles. The Hall–Kier alpha value is -0.690. The summed E-state index contributed by atoms with van der Waals surface area (Å²) in [6, 6.07) is 0. The molecule has 1 unspecified atom stereocenters. The van der Waals surface area contributed by atoms with Crippen molar-refractivity contribution in [1.82, 2.24) is 0 Å². The van der Waals surface area contributed by atoms with E-state index in [9.17, 15) is 20.1 Å². The summed E-state index contributed by atoms with van der Waals surface area (Å²) < 4.78 is 10.1. The molecule has 24 heavy (non-hydrogen) atoms. The third-order valence-electron chi connectivity index (χ3n) is 4.47. The minimum atomic E-state index is -1.14. The summed E-state index contributed by atoms with van der Waals surface area (Å²) in [4.78, 5) is 11.6. The molecule has 0 aromatic heterocycles. The van der Waals surface area contributed by atoms with Crippen molar-refractivity contribution in [3.05, 3.63) is 0 Å². The number of ether oxygens (including phenoxy) is 2. The van der Waals surface area contributed by atoms with Crippen LogP contribution in [0.4, 0.5) is 0 Å². The largest absolute Gasteiger partial charge is 0.463 e. The molecule has 1 rings (SSSR count). The van der Waals surface area contributed by atoms with Gasteiger partial charge in [0.1, 0.15) is 31.0 Å². The van der Waals surface area contributed by atoms with Crippen LogP contribution in [0.5, 0.6) is 0 Å². The lowest BCUT2D eigenvalue weighted by molar-refractivity contribution is -0.151. The zero-order valence-corrected chi connectivity index (χ0v) is 14.9. The van der Waals surface area contributed by atoms with Crippen LogP contribution in [0.1, 0.15) is 71.1 Å². The van der Waals surface area contributed by atoms with E-state index in [-0.39, 0.29) is 19.2 Å². The lowest BCUT2D eigenvalue weighted by atomic mass is 10.1. The standard InChI is InChI=1S/C18H34O6/c1-2-3-4-5-6-7-8-9-10-11-16(21)23-13-15(20)18-17(22)14(19)12-24-18/h14-15,17-20,22H,2-13H2,1H3/t14-,15+,17+,18?/m0/s1. The number of hydrogen-bond donors (Lipinski definition) is 3. The predicted octanol–water partition coefficient (Wildman–Crippen LogP) is 1.93. The Kier molecular flexibility index (Phi) is 11.2. The molecule has 0 spiro atoms. The van der Waals surface area contributed by atoms with E-state index in [4.69, 9.17) is 9.47 Å². The van der Waals surface area contributed by atoms with E-state index in [2.05, 4.69) is 6.92 Å². The Morgan fingerprint density at radius 1 is 1.08 bits per heavy atom. The molecule has 1 aliphatic rings. The van der Waals surface area contributed by atoms with Gasteiger partial charge in [0.2, 0.25) is 0 Å². The first-order chi connectivity index (χ1) is 11.6. The summed E-state index contributed by atoms with van der Waals surface area (Å²) in [7, 11) is 0. The molecule has 3 N–H and O–H groups in total. The summed E-state index contributed by atoms with van der Waals surface area (Å²) in [5.41, 5.74) is 0. The summed E-state index contributed by atoms with van der Waals surface area (Å²) in [6.07, 6.45) is 6.84. The molecule has 142 valence electrons. The van der Waals surface area contributed by atoms with Crippen molar-refractivity contribution in [1.29, 1.82) is 0 Å². The van der Waals surface area contributed by atoms with Gasteiger partial charge in [0.15, 0.2) is 0 Å². The van der Waals surface area contributed by atoms with Crippen LogP contribution >= 0.6 is 0 Å². The molecule has 0 amide bonds. The Balaban J connectivity index is 1.96. The number of aliphatic hydroxyl groups is 3. The number of esters is 1. The molecule has 1 saturated heterocycles. The normalized spacial score (nSPS) is 24.9. The molecule has 1 heterocycles. The first-order valence-electron chi connectivity index (χ1n) is 9.37. The van der Waals surface area contributed by atoms with E-state index < -0.39 is 24.4 Å². The van der Waals surface area contributed by atoms with Gasteiger partial charge in [0.05, 0.1) is 6.61 Å². The number of rotatable bonds is 13. The Labute approximate surface area is 145 Å². The lowest BCUT2D eigenvalue weighted by Gasteiger charge is -2.20. The fourth-order valence-electron chi connectivity index (χ4n) is 2.89. The molecule has 0 radical (unpaired) electrons. The zero-order valence-electron chi connectivity index (χ0n) is 14.9. The van der Waals surface area contributed by atoms with Crippen molar-refractivity contribution in [2.45, 2.75) is 95.5 Å². The number of carbonyl (C=O) groups is 1. The maximum atomic E-state index is 11.6. The summed E-state index contributed by atoms with van der Waals surface area (Å²) in [5.74, 6) is -0.343. The maximum Gasteiger partial charge on any atom is 0.305 e. The van der Waals surface area contributed by atoms with Crippen LogP contribution in [0.2, 0.25) is 0 Å². The molecule has 0 aromatic rings. The quantitative estimate of drug-likeness (QED) is 0.348. The van der Waals surface area contributed by atoms with Crippen LogP contribution < -0.4 is 0 Å². The van der Waals surface area contributed by atoms with Crippen molar-refractivity contribution in [3.8, 4) is 0 Å². The van der Waals surface area contributed by atoms with E-state index in [1.54, 1.807) is 0 Å². The van der Waals surface area contributed by atoms with Crippen molar-refractivity contribution >= 4 is 5.97 Å². The van der Waals surface area contributed by atoms with Gasteiger partial charge in [-0.15, -0.1) is 0 Å². The van der Waals surface area contributed by atoms with Crippen molar-refractivity contribution < 1.29 is 29.6 Å². The minimum Gasteiger partial charge on any atom is -0.463 e. The molecular weight excluding hydrogens is 312 g/mol. The van der Waals surface area contributed by atoms with Gasteiger partial charge in [-0.25, -0.2) is 0 Å². The van der Waals surface area contributed by atoms with E-state index in [0.717, 1.165) is 19.3 Å². The Bertz CT molecular complexity index is 335. The topological polar surface area (TPSA) is 96.2 Å². The van der Waals surface area contributed by atoms with Gasteiger partial charge < -0.3 is 24.8 Å². The van der Waals surface area contributed by atoms with E-state index >= 15 is 0 Å². The average molecular weight is 346 g/mol. The molecular formula is C18H34O6. The second-order valence-corrected chi connectivity index (χ2v) is 6.68. The van der Waals surface area contributed by atoms with Crippen LogP contribution in [0.3, 0.4) is 0 Å². The molecule has 0 bridgehead atoms. The average Bonchev–Trinajstić information content (AvgIpc) is 2.90. The summed E-state index contributed by atoms with van der Waals surface area (Å²) >= 11 is 0. The molecule has 1 fully saturated rings. The lowest BCUT2D eigenvalue weighted by Crippen LogP contribution is -2.41. The van der Waals surface area contributed by atoms with E-state index in [1.165, 1.54) is 38.5 Å². The molecule has 6 nitrogen and oxygen atoms in total. The highest BCUT2D eigenvalue weighted by atomic mass is 16.6. The third kappa shape index (κ3) is 8.42. The number of aliphatic hydroxyl groups excluding tert-OH is 3. The Morgan fingerprint density at radius 2 is 1.67 bits per heavy atom. The smallest absolute Gasteiger partial charge is 0.305 e. The molecule has 4 atom stereocenters. The number of carbonyl (C=O) groups excluding carboxylic acids is 1. The predicted molar refractivity (Wildman–Crippen MR) is 90.6 cm³/mol. The second-order valence-electron chi connectivity index (χ2n) is 6.68. The van der Waals surface area contributed by atoms with Gasteiger partial charge in [-0.3, -0.25) is 4.79 Å². The maximum absolute atomic E-state index is 11.6. The fraction of sp³-hybridized carbons (Fsp3) is 0.944. The van der Waals surface area contributed by atoms with Crippen LogP contribution in [-0.2, 0) is 14.3 Å². The van der Waals surface area contributed by atoms with Gasteiger partial charge in [-0.2, -0.15) is 0 Å². The monoisotopic (exact) mass is 346 g/mol. The SMILES string of the molecule is CCCCCCCCCCCC(=O)OC[C@@H](O)C1OC[C@H](O)[C@H]1O. The molecule has 1 aliphatic heterocycles. The molecule has 0 saturated carbocycles. The minimum absolute atomic E-state index is 0.0186. The van der Waals surface area contributed by atoms with Crippen molar-refractivity contribution in [2.75, 3.05) is 13.2 Å². The number of hydrogen-bond acceptors (Lipinski definition) is 6. The van der Waals surface area contributed by atoms with E-state index in [0.29, 0.717) is 6.42 Å². The van der Waals surface area contributed by atoms with Crippen molar-refractivity contribution in [3.63, 3.8) is 0 Å². The molecule has 0 aromatic carbocycles. The van der Waals surface area contributed by atoms with Crippen molar-refractivity contribution in [2.24, 2.45) is 0 Å². The summed E-state index contributed by atoms with van der Waals surface area (Å²) in [6.45, 7) is 1.98. The fourth-order valence-corrected chi connectivity index (χ4v) is 2.89. The van der Waals surface area contributed by atoms with Crippen LogP contribution in [0, 0.1) is 0 Å². The number of unbranched alkanes of at least 4 members (excludes halogenated alkanes) is 8. The van der Waals surface area contributed by atoms with Crippen LogP contribution in [0.25, 0.3) is 0 Å². The van der Waals surface area contributed by atoms with Gasteiger partial charge >= 0.3 is 5.97 Å².